The summed E-state index contributed by atoms with van der Waals surface area (Å²) in [5.74, 6) is 0. The summed E-state index contributed by atoms with van der Waals surface area (Å²) in [6.45, 7) is 0.729. The van der Waals surface area contributed by atoms with Crippen molar-refractivity contribution in [1.29, 1.82) is 0 Å². The molecule has 94 valence electrons. The van der Waals surface area contributed by atoms with E-state index in [0.29, 0.717) is 0 Å². The van der Waals surface area contributed by atoms with Gasteiger partial charge in [0.1, 0.15) is 0 Å². The predicted octanol–water partition coefficient (Wildman–Crippen LogP) is 4.00. The number of benzene rings is 1. The summed E-state index contributed by atoms with van der Waals surface area (Å²) in [6, 6.07) is 12.2. The van der Waals surface area contributed by atoms with E-state index in [1.54, 1.807) is 6.20 Å². The molecule has 19 heavy (non-hydrogen) atoms. The molecule has 0 radical (unpaired) electrons. The third kappa shape index (κ3) is 2.90. The van der Waals surface area contributed by atoms with Gasteiger partial charge in [0, 0.05) is 28.8 Å². The zero-order valence-electron chi connectivity index (χ0n) is 10.2. The summed E-state index contributed by atoms with van der Waals surface area (Å²) < 4.78 is 0.989. The molecule has 1 N–H and O–H groups in total. The average Bonchev–Trinajstić information content (AvgIpc) is 2.45. The SMILES string of the molecule is Brc1cncc(CNc2cnc3ccccc3c2)c1. The minimum Gasteiger partial charge on any atom is -0.380 e. The Morgan fingerprint density at radius 2 is 1.95 bits per heavy atom. The molecule has 3 aromatic rings. The van der Waals surface area contributed by atoms with Crippen LogP contribution in [0.3, 0.4) is 0 Å². The number of rotatable bonds is 3. The smallest absolute Gasteiger partial charge is 0.0703 e. The van der Waals surface area contributed by atoms with Crippen LogP contribution >= 0.6 is 15.9 Å². The Kier molecular flexibility index (Phi) is 3.42. The molecular formula is C15H12BrN3. The molecule has 0 amide bonds. The largest absolute Gasteiger partial charge is 0.380 e. The van der Waals surface area contributed by atoms with Gasteiger partial charge in [0.2, 0.25) is 0 Å². The molecule has 0 aliphatic heterocycles. The third-order valence-electron chi connectivity index (χ3n) is 2.85. The van der Waals surface area contributed by atoms with Crippen molar-refractivity contribution in [3.8, 4) is 0 Å². The summed E-state index contributed by atoms with van der Waals surface area (Å²) in [5.41, 5.74) is 3.15. The third-order valence-corrected chi connectivity index (χ3v) is 3.28. The number of pyridine rings is 2. The first kappa shape index (κ1) is 12.1. The van der Waals surface area contributed by atoms with Gasteiger partial charge in [-0.15, -0.1) is 0 Å². The van der Waals surface area contributed by atoms with Crippen LogP contribution in [0.5, 0.6) is 0 Å². The number of nitrogens with zero attached hydrogens (tertiary/aromatic N) is 2. The van der Waals surface area contributed by atoms with Gasteiger partial charge < -0.3 is 5.32 Å². The van der Waals surface area contributed by atoms with Gasteiger partial charge in [0.25, 0.3) is 0 Å². The van der Waals surface area contributed by atoms with Gasteiger partial charge in [0.05, 0.1) is 17.4 Å². The summed E-state index contributed by atoms with van der Waals surface area (Å²) in [6.07, 6.45) is 5.49. The zero-order valence-corrected chi connectivity index (χ0v) is 11.8. The number of aromatic nitrogens is 2. The van der Waals surface area contributed by atoms with Gasteiger partial charge in [-0.1, -0.05) is 18.2 Å². The van der Waals surface area contributed by atoms with Gasteiger partial charge in [0.15, 0.2) is 0 Å². The maximum atomic E-state index is 4.42. The fraction of sp³-hybridized carbons (Fsp3) is 0.0667. The molecule has 0 saturated carbocycles. The Hall–Kier alpha value is -1.94. The number of nitrogens with one attached hydrogen (secondary N) is 1. The molecule has 1 aromatic carbocycles. The van der Waals surface area contributed by atoms with Gasteiger partial charge in [-0.25, -0.2) is 0 Å². The van der Waals surface area contributed by atoms with E-state index in [2.05, 4.69) is 49.4 Å². The Bertz CT molecular complexity index is 712. The zero-order chi connectivity index (χ0) is 13.1. The van der Waals surface area contributed by atoms with Crippen molar-refractivity contribution < 1.29 is 0 Å². The normalized spacial score (nSPS) is 10.6. The highest BCUT2D eigenvalue weighted by Gasteiger charge is 1.98. The van der Waals surface area contributed by atoms with Crippen LogP contribution in [-0.4, -0.2) is 9.97 Å². The van der Waals surface area contributed by atoms with Crippen LogP contribution in [0.15, 0.2) is 59.5 Å². The molecule has 0 bridgehead atoms. The number of hydrogen-bond acceptors (Lipinski definition) is 3. The summed E-state index contributed by atoms with van der Waals surface area (Å²) in [5, 5.41) is 4.50. The number of fused-ring (bicyclic) bond motifs is 1. The van der Waals surface area contributed by atoms with Crippen molar-refractivity contribution in [3.63, 3.8) is 0 Å². The van der Waals surface area contributed by atoms with E-state index >= 15 is 0 Å². The Morgan fingerprint density at radius 1 is 1.05 bits per heavy atom. The standard InChI is InChI=1S/C15H12BrN3/c16-13-5-11(7-17-9-13)8-18-14-6-12-3-1-2-4-15(12)19-10-14/h1-7,9-10,18H,8H2. The Labute approximate surface area is 119 Å². The molecule has 0 aliphatic carbocycles. The van der Waals surface area contributed by atoms with Crippen molar-refractivity contribution in [2.75, 3.05) is 5.32 Å². The van der Waals surface area contributed by atoms with Crippen LogP contribution in [0.25, 0.3) is 10.9 Å². The van der Waals surface area contributed by atoms with Crippen LogP contribution in [0, 0.1) is 0 Å². The van der Waals surface area contributed by atoms with Crippen molar-refractivity contribution in [1.82, 2.24) is 9.97 Å². The summed E-state index contributed by atoms with van der Waals surface area (Å²) in [7, 11) is 0. The molecule has 0 spiro atoms. The number of para-hydroxylation sites is 1. The predicted molar refractivity (Wildman–Crippen MR) is 81.0 cm³/mol. The fourth-order valence-electron chi connectivity index (χ4n) is 1.92. The van der Waals surface area contributed by atoms with Crippen molar-refractivity contribution in [2.24, 2.45) is 0 Å². The molecule has 0 unspecified atom stereocenters. The molecule has 0 saturated heterocycles. The van der Waals surface area contributed by atoms with Crippen LogP contribution in [-0.2, 0) is 6.54 Å². The van der Waals surface area contributed by atoms with Crippen molar-refractivity contribution in [3.05, 3.63) is 65.0 Å². The van der Waals surface area contributed by atoms with Gasteiger partial charge in [-0.05, 0) is 39.7 Å². The molecule has 3 nitrogen and oxygen atoms in total. The fourth-order valence-corrected chi connectivity index (χ4v) is 2.34. The van der Waals surface area contributed by atoms with Gasteiger partial charge >= 0.3 is 0 Å². The average molecular weight is 314 g/mol. The number of anilines is 1. The minimum atomic E-state index is 0.729. The molecule has 2 heterocycles. The first-order valence-corrected chi connectivity index (χ1v) is 6.79. The van der Waals surface area contributed by atoms with Crippen LogP contribution in [0.2, 0.25) is 0 Å². The summed E-state index contributed by atoms with van der Waals surface area (Å²) >= 11 is 3.42. The highest BCUT2D eigenvalue weighted by molar-refractivity contribution is 9.10. The van der Waals surface area contributed by atoms with E-state index in [4.69, 9.17) is 0 Å². The number of hydrogen-bond donors (Lipinski definition) is 1. The molecule has 4 heteroatoms. The van der Waals surface area contributed by atoms with E-state index in [-0.39, 0.29) is 0 Å². The van der Waals surface area contributed by atoms with E-state index < -0.39 is 0 Å². The quantitative estimate of drug-likeness (QED) is 0.794. The van der Waals surface area contributed by atoms with Crippen LogP contribution in [0.4, 0.5) is 5.69 Å². The molecule has 0 aliphatic rings. The van der Waals surface area contributed by atoms with E-state index in [1.807, 2.05) is 30.6 Å². The van der Waals surface area contributed by atoms with E-state index in [0.717, 1.165) is 33.2 Å². The Balaban J connectivity index is 1.78. The highest BCUT2D eigenvalue weighted by Crippen LogP contribution is 2.17. The molecular weight excluding hydrogens is 302 g/mol. The van der Waals surface area contributed by atoms with Crippen LogP contribution < -0.4 is 5.32 Å². The van der Waals surface area contributed by atoms with Gasteiger partial charge in [-0.2, -0.15) is 0 Å². The van der Waals surface area contributed by atoms with Crippen molar-refractivity contribution >= 4 is 32.5 Å². The Morgan fingerprint density at radius 3 is 2.84 bits per heavy atom. The monoisotopic (exact) mass is 313 g/mol. The lowest BCUT2D eigenvalue weighted by atomic mass is 10.2. The van der Waals surface area contributed by atoms with E-state index in [1.165, 1.54) is 0 Å². The highest BCUT2D eigenvalue weighted by atomic mass is 79.9. The second kappa shape index (κ2) is 5.36. The van der Waals surface area contributed by atoms with Gasteiger partial charge in [-0.3, -0.25) is 9.97 Å². The maximum Gasteiger partial charge on any atom is 0.0703 e. The minimum absolute atomic E-state index is 0.729. The second-order valence-electron chi connectivity index (χ2n) is 4.28. The maximum absolute atomic E-state index is 4.42. The lowest BCUT2D eigenvalue weighted by Crippen LogP contribution is -2.00. The topological polar surface area (TPSA) is 37.8 Å². The first-order valence-electron chi connectivity index (χ1n) is 5.99. The molecule has 0 atom stereocenters. The second-order valence-corrected chi connectivity index (χ2v) is 5.20. The van der Waals surface area contributed by atoms with Crippen LogP contribution in [0.1, 0.15) is 5.56 Å². The van der Waals surface area contributed by atoms with Crippen molar-refractivity contribution in [2.45, 2.75) is 6.54 Å². The molecule has 2 aromatic heterocycles. The molecule has 0 fully saturated rings. The molecule has 3 rings (SSSR count). The first-order chi connectivity index (χ1) is 9.31. The van der Waals surface area contributed by atoms with E-state index in [9.17, 15) is 0 Å². The lowest BCUT2D eigenvalue weighted by molar-refractivity contribution is 1.10. The number of halogens is 1. The summed E-state index contributed by atoms with van der Waals surface area (Å²) in [4.78, 5) is 8.57. The lowest BCUT2D eigenvalue weighted by Gasteiger charge is -2.07.